The highest BCUT2D eigenvalue weighted by Gasteiger charge is 2.08. The number of carboxylic acids is 1. The van der Waals surface area contributed by atoms with Crippen LogP contribution in [-0.2, 0) is 11.2 Å². The number of aromatic carboxylic acids is 1. The van der Waals surface area contributed by atoms with E-state index in [0.717, 1.165) is 5.56 Å². The molecule has 5 nitrogen and oxygen atoms in total. The summed E-state index contributed by atoms with van der Waals surface area (Å²) in [5, 5.41) is 15.2. The van der Waals surface area contributed by atoms with E-state index in [4.69, 9.17) is 5.11 Å². The van der Waals surface area contributed by atoms with Crippen molar-refractivity contribution in [3.05, 3.63) is 46.3 Å². The molecule has 0 aliphatic rings. The topological polar surface area (TPSA) is 79.3 Å². The van der Waals surface area contributed by atoms with Crippen molar-refractivity contribution in [1.29, 1.82) is 0 Å². The van der Waals surface area contributed by atoms with Crippen molar-refractivity contribution in [2.75, 3.05) is 5.32 Å². The Morgan fingerprint density at radius 3 is 2.89 bits per heavy atom. The minimum absolute atomic E-state index is 0.0934. The van der Waals surface area contributed by atoms with E-state index in [1.165, 1.54) is 29.7 Å². The first kappa shape index (κ1) is 12.3. The number of hydrogen-bond donors (Lipinski definition) is 2. The van der Waals surface area contributed by atoms with Gasteiger partial charge in [-0.3, -0.25) is 4.79 Å². The van der Waals surface area contributed by atoms with Crippen molar-refractivity contribution < 1.29 is 14.7 Å². The Labute approximate surface area is 107 Å². The summed E-state index contributed by atoms with van der Waals surface area (Å²) >= 11 is 1.52. The molecule has 0 unspecified atom stereocenters. The first-order valence-corrected chi connectivity index (χ1v) is 6.10. The average Bonchev–Trinajstić information content (AvgIpc) is 2.82. The molecule has 0 saturated heterocycles. The van der Waals surface area contributed by atoms with E-state index >= 15 is 0 Å². The van der Waals surface area contributed by atoms with Crippen LogP contribution in [0.25, 0.3) is 0 Å². The fourth-order valence-corrected chi connectivity index (χ4v) is 2.07. The Morgan fingerprint density at radius 1 is 1.39 bits per heavy atom. The monoisotopic (exact) mass is 262 g/mol. The molecule has 2 N–H and O–H groups in total. The molecule has 0 atom stereocenters. The van der Waals surface area contributed by atoms with Gasteiger partial charge < -0.3 is 10.4 Å². The molecule has 18 heavy (non-hydrogen) atoms. The Bertz CT molecular complexity index is 566. The van der Waals surface area contributed by atoms with Crippen LogP contribution >= 0.6 is 11.3 Å². The van der Waals surface area contributed by atoms with Gasteiger partial charge in [-0.05, 0) is 34.5 Å². The maximum Gasteiger partial charge on any atom is 0.335 e. The highest BCUT2D eigenvalue weighted by Crippen LogP contribution is 2.10. The van der Waals surface area contributed by atoms with Crippen molar-refractivity contribution in [2.24, 2.45) is 0 Å². The molecule has 0 aromatic carbocycles. The smallest absolute Gasteiger partial charge is 0.335 e. The lowest BCUT2D eigenvalue weighted by Crippen LogP contribution is -2.15. The van der Waals surface area contributed by atoms with Crippen molar-refractivity contribution in [2.45, 2.75) is 6.42 Å². The number of hydrogen-bond acceptors (Lipinski definition) is 4. The minimum atomic E-state index is -1.05. The zero-order valence-electron chi connectivity index (χ0n) is 9.29. The van der Waals surface area contributed by atoms with Gasteiger partial charge in [-0.15, -0.1) is 0 Å². The SMILES string of the molecule is O=C(Cc1ccsc1)Nc1cc(C(=O)O)ccn1. The molecule has 0 saturated carbocycles. The maximum atomic E-state index is 11.7. The third-order valence-corrected chi connectivity index (χ3v) is 2.95. The molecule has 92 valence electrons. The fourth-order valence-electron chi connectivity index (χ4n) is 1.40. The molecule has 1 amide bonds. The van der Waals surface area contributed by atoms with Gasteiger partial charge in [0.15, 0.2) is 0 Å². The van der Waals surface area contributed by atoms with E-state index in [0.29, 0.717) is 0 Å². The molecule has 2 heterocycles. The van der Waals surface area contributed by atoms with Crippen molar-refractivity contribution in [3.8, 4) is 0 Å². The van der Waals surface area contributed by atoms with Crippen molar-refractivity contribution in [1.82, 2.24) is 4.98 Å². The summed E-state index contributed by atoms with van der Waals surface area (Å²) in [4.78, 5) is 26.3. The Morgan fingerprint density at radius 2 is 2.22 bits per heavy atom. The lowest BCUT2D eigenvalue weighted by atomic mass is 10.2. The summed E-state index contributed by atoms with van der Waals surface area (Å²) < 4.78 is 0. The van der Waals surface area contributed by atoms with Gasteiger partial charge in [0.1, 0.15) is 5.82 Å². The normalized spacial score (nSPS) is 10.0. The summed E-state index contributed by atoms with van der Waals surface area (Å²) in [5.41, 5.74) is 1.02. The number of carbonyl (C=O) groups is 2. The van der Waals surface area contributed by atoms with Crippen LogP contribution < -0.4 is 5.32 Å². The van der Waals surface area contributed by atoms with Crippen LogP contribution in [0.15, 0.2) is 35.2 Å². The molecule has 0 bridgehead atoms. The largest absolute Gasteiger partial charge is 0.478 e. The number of thiophene rings is 1. The molecule has 2 rings (SSSR count). The number of carboxylic acid groups (broad SMARTS) is 1. The zero-order valence-corrected chi connectivity index (χ0v) is 10.1. The van der Waals surface area contributed by atoms with Gasteiger partial charge in [0.05, 0.1) is 12.0 Å². The Kier molecular flexibility index (Phi) is 3.69. The molecule has 2 aromatic rings. The van der Waals surface area contributed by atoms with Gasteiger partial charge in [0.2, 0.25) is 5.91 Å². The van der Waals surface area contributed by atoms with Gasteiger partial charge in [-0.25, -0.2) is 9.78 Å². The van der Waals surface area contributed by atoms with Crippen molar-refractivity contribution in [3.63, 3.8) is 0 Å². The first-order valence-electron chi connectivity index (χ1n) is 5.15. The second kappa shape index (κ2) is 5.42. The summed E-state index contributed by atoms with van der Waals surface area (Å²) in [6.45, 7) is 0. The molecule has 0 spiro atoms. The number of anilines is 1. The van der Waals surface area contributed by atoms with E-state index in [1.54, 1.807) is 0 Å². The van der Waals surface area contributed by atoms with Crippen LogP contribution in [0.5, 0.6) is 0 Å². The quantitative estimate of drug-likeness (QED) is 0.883. The molecule has 0 aliphatic heterocycles. The third kappa shape index (κ3) is 3.14. The van der Waals surface area contributed by atoms with Crippen molar-refractivity contribution >= 4 is 29.0 Å². The lowest BCUT2D eigenvalue weighted by Gasteiger charge is -2.04. The molecule has 0 radical (unpaired) electrons. The number of nitrogens with zero attached hydrogens (tertiary/aromatic N) is 1. The molecule has 0 fully saturated rings. The number of amides is 1. The lowest BCUT2D eigenvalue weighted by molar-refractivity contribution is -0.115. The summed E-state index contributed by atoms with van der Waals surface area (Å²) in [7, 11) is 0. The maximum absolute atomic E-state index is 11.7. The van der Waals surface area contributed by atoms with E-state index in [1.807, 2.05) is 16.8 Å². The molecule has 0 aliphatic carbocycles. The fraction of sp³-hybridized carbons (Fsp3) is 0.0833. The molecular formula is C12H10N2O3S. The first-order chi connectivity index (χ1) is 8.65. The van der Waals surface area contributed by atoms with E-state index in [2.05, 4.69) is 10.3 Å². The van der Waals surface area contributed by atoms with Crippen LogP contribution in [0, 0.1) is 0 Å². The van der Waals surface area contributed by atoms with Crippen LogP contribution in [0.3, 0.4) is 0 Å². The van der Waals surface area contributed by atoms with Gasteiger partial charge in [0.25, 0.3) is 0 Å². The number of nitrogens with one attached hydrogen (secondary N) is 1. The van der Waals surface area contributed by atoms with Gasteiger partial charge >= 0.3 is 5.97 Å². The van der Waals surface area contributed by atoms with Crippen LogP contribution in [0.4, 0.5) is 5.82 Å². The number of pyridine rings is 1. The van der Waals surface area contributed by atoms with Gasteiger partial charge in [0, 0.05) is 6.20 Å². The second-order valence-corrected chi connectivity index (χ2v) is 4.37. The number of rotatable bonds is 4. The number of carbonyl (C=O) groups excluding carboxylic acids is 1. The predicted octanol–water partition coefficient (Wildman–Crippen LogP) is 2.02. The van der Waals surface area contributed by atoms with Gasteiger partial charge in [-0.2, -0.15) is 11.3 Å². The van der Waals surface area contributed by atoms with E-state index < -0.39 is 5.97 Å². The van der Waals surface area contributed by atoms with Crippen LogP contribution in [-0.4, -0.2) is 22.0 Å². The number of aromatic nitrogens is 1. The van der Waals surface area contributed by atoms with E-state index in [-0.39, 0.29) is 23.7 Å². The summed E-state index contributed by atoms with van der Waals surface area (Å²) in [6.07, 6.45) is 1.60. The minimum Gasteiger partial charge on any atom is -0.478 e. The van der Waals surface area contributed by atoms with E-state index in [9.17, 15) is 9.59 Å². The summed E-state index contributed by atoms with van der Waals surface area (Å²) in [5.74, 6) is -1.02. The Hall–Kier alpha value is -2.21. The zero-order chi connectivity index (χ0) is 13.0. The predicted molar refractivity (Wildman–Crippen MR) is 67.8 cm³/mol. The standard InChI is InChI=1S/C12H10N2O3S/c15-11(5-8-2-4-18-7-8)14-10-6-9(12(16)17)1-3-13-10/h1-4,6-7H,5H2,(H,16,17)(H,13,14,15). The van der Waals surface area contributed by atoms with Crippen LogP contribution in [0.1, 0.15) is 15.9 Å². The molecular weight excluding hydrogens is 252 g/mol. The molecule has 6 heteroatoms. The third-order valence-electron chi connectivity index (χ3n) is 2.22. The highest BCUT2D eigenvalue weighted by molar-refractivity contribution is 7.08. The van der Waals surface area contributed by atoms with Crippen LogP contribution in [0.2, 0.25) is 0 Å². The van der Waals surface area contributed by atoms with Gasteiger partial charge in [-0.1, -0.05) is 0 Å². The Balaban J connectivity index is 2.03. The highest BCUT2D eigenvalue weighted by atomic mass is 32.1. The second-order valence-electron chi connectivity index (χ2n) is 3.59. The average molecular weight is 262 g/mol. The summed E-state index contributed by atoms with van der Waals surface area (Å²) in [6, 6.07) is 4.57. The molecule has 2 aromatic heterocycles.